The van der Waals surface area contributed by atoms with Gasteiger partial charge in [0.2, 0.25) is 0 Å². The van der Waals surface area contributed by atoms with Gasteiger partial charge in [0.25, 0.3) is 0 Å². The third-order valence-electron chi connectivity index (χ3n) is 3.15. The fraction of sp³-hybridized carbons (Fsp3) is 0.500. The van der Waals surface area contributed by atoms with E-state index in [2.05, 4.69) is 52.6 Å². The highest BCUT2D eigenvalue weighted by Crippen LogP contribution is 2.32. The maximum atomic E-state index is 6.07. The van der Waals surface area contributed by atoms with Crippen molar-refractivity contribution in [3.8, 4) is 0 Å². The zero-order valence-corrected chi connectivity index (χ0v) is 11.2. The van der Waals surface area contributed by atoms with Gasteiger partial charge >= 0.3 is 0 Å². The Morgan fingerprint density at radius 3 is 3.00 bits per heavy atom. The Labute approximate surface area is 105 Å². The highest BCUT2D eigenvalue weighted by atomic mass is 127. The lowest BCUT2D eigenvalue weighted by Crippen LogP contribution is -2.29. The molecule has 1 aromatic carbocycles. The van der Waals surface area contributed by atoms with Crippen molar-refractivity contribution in [3.63, 3.8) is 0 Å². The summed E-state index contributed by atoms with van der Waals surface area (Å²) >= 11 is 2.30. The molecule has 0 bridgehead atoms. The van der Waals surface area contributed by atoms with E-state index in [0.29, 0.717) is 6.04 Å². The number of nitrogens with two attached hydrogens (primary N) is 1. The molecule has 1 atom stereocenters. The maximum Gasteiger partial charge on any atom is 0.0603 e. The van der Waals surface area contributed by atoms with Crippen LogP contribution in [0, 0.1) is 3.57 Å². The molecule has 1 aliphatic heterocycles. The van der Waals surface area contributed by atoms with Crippen molar-refractivity contribution in [3.05, 3.63) is 21.8 Å². The molecule has 2 nitrogen and oxygen atoms in total. The van der Waals surface area contributed by atoms with E-state index in [1.54, 1.807) is 0 Å². The van der Waals surface area contributed by atoms with Gasteiger partial charge in [0.05, 0.1) is 11.4 Å². The number of hydrogen-bond donors (Lipinski definition) is 1. The van der Waals surface area contributed by atoms with Gasteiger partial charge in [-0.3, -0.25) is 0 Å². The highest BCUT2D eigenvalue weighted by molar-refractivity contribution is 14.1. The second-order valence-electron chi connectivity index (χ2n) is 4.10. The van der Waals surface area contributed by atoms with Crippen LogP contribution in [0.4, 0.5) is 11.4 Å². The van der Waals surface area contributed by atoms with Crippen LogP contribution in [0.1, 0.15) is 26.2 Å². The van der Waals surface area contributed by atoms with Crippen LogP contribution < -0.4 is 10.6 Å². The Bertz CT molecular complexity index is 351. The van der Waals surface area contributed by atoms with Crippen molar-refractivity contribution in [2.75, 3.05) is 17.2 Å². The Kier molecular flexibility index (Phi) is 3.38. The minimum absolute atomic E-state index is 0.687. The lowest BCUT2D eigenvalue weighted by atomic mass is 10.1. The molecule has 1 unspecified atom stereocenters. The number of nitrogens with zero attached hydrogens (tertiary/aromatic N) is 1. The summed E-state index contributed by atoms with van der Waals surface area (Å²) in [6, 6.07) is 7.04. The maximum absolute atomic E-state index is 6.07. The molecule has 0 amide bonds. The van der Waals surface area contributed by atoms with Crippen LogP contribution in [-0.4, -0.2) is 12.6 Å². The summed E-state index contributed by atoms with van der Waals surface area (Å²) < 4.78 is 1.21. The van der Waals surface area contributed by atoms with Gasteiger partial charge in [-0.1, -0.05) is 6.92 Å². The number of anilines is 2. The number of rotatable bonds is 2. The second kappa shape index (κ2) is 4.60. The first-order valence-electron chi connectivity index (χ1n) is 5.54. The molecule has 1 aliphatic rings. The summed E-state index contributed by atoms with van der Waals surface area (Å²) in [5, 5.41) is 0. The molecular formula is C12H17IN2. The standard InChI is InChI=1S/C12H17IN2/c1-2-10-4-3-7-15(10)12-6-5-9(13)8-11(12)14/h5-6,8,10H,2-4,7,14H2,1H3. The quantitative estimate of drug-likeness (QED) is 0.670. The minimum Gasteiger partial charge on any atom is -0.397 e. The topological polar surface area (TPSA) is 29.3 Å². The number of nitrogen functional groups attached to an aromatic ring is 1. The SMILES string of the molecule is CCC1CCCN1c1ccc(I)cc1N. The molecule has 1 heterocycles. The Hall–Kier alpha value is -0.450. The molecule has 0 saturated carbocycles. The predicted molar refractivity (Wildman–Crippen MR) is 74.2 cm³/mol. The zero-order valence-electron chi connectivity index (χ0n) is 9.04. The van der Waals surface area contributed by atoms with Crippen molar-refractivity contribution in [2.24, 2.45) is 0 Å². The van der Waals surface area contributed by atoms with Gasteiger partial charge in [-0.2, -0.15) is 0 Å². The van der Waals surface area contributed by atoms with Crippen LogP contribution in [-0.2, 0) is 0 Å². The van der Waals surface area contributed by atoms with E-state index in [1.807, 2.05) is 0 Å². The second-order valence-corrected chi connectivity index (χ2v) is 5.35. The van der Waals surface area contributed by atoms with Crippen LogP contribution in [0.5, 0.6) is 0 Å². The monoisotopic (exact) mass is 316 g/mol. The van der Waals surface area contributed by atoms with Gasteiger partial charge < -0.3 is 10.6 Å². The zero-order chi connectivity index (χ0) is 10.8. The van der Waals surface area contributed by atoms with E-state index >= 15 is 0 Å². The first-order valence-corrected chi connectivity index (χ1v) is 6.62. The summed E-state index contributed by atoms with van der Waals surface area (Å²) in [7, 11) is 0. The van der Waals surface area contributed by atoms with Gasteiger partial charge in [-0.25, -0.2) is 0 Å². The average molecular weight is 316 g/mol. The van der Waals surface area contributed by atoms with E-state index in [0.717, 1.165) is 12.2 Å². The predicted octanol–water partition coefficient (Wildman–Crippen LogP) is 3.25. The third kappa shape index (κ3) is 2.22. The molecule has 0 aromatic heterocycles. The van der Waals surface area contributed by atoms with Crippen molar-refractivity contribution in [1.82, 2.24) is 0 Å². The lowest BCUT2D eigenvalue weighted by Gasteiger charge is -2.27. The Balaban J connectivity index is 2.28. The fourth-order valence-electron chi connectivity index (χ4n) is 2.36. The largest absolute Gasteiger partial charge is 0.397 e. The van der Waals surface area contributed by atoms with Gasteiger partial charge in [0.1, 0.15) is 0 Å². The van der Waals surface area contributed by atoms with E-state index < -0.39 is 0 Å². The Morgan fingerprint density at radius 2 is 2.33 bits per heavy atom. The van der Waals surface area contributed by atoms with Crippen LogP contribution in [0.25, 0.3) is 0 Å². The lowest BCUT2D eigenvalue weighted by molar-refractivity contribution is 0.646. The molecular weight excluding hydrogens is 299 g/mol. The smallest absolute Gasteiger partial charge is 0.0603 e. The molecule has 2 N–H and O–H groups in total. The highest BCUT2D eigenvalue weighted by Gasteiger charge is 2.24. The summed E-state index contributed by atoms with van der Waals surface area (Å²) in [5.41, 5.74) is 8.21. The first kappa shape index (κ1) is 11.0. The molecule has 1 aromatic rings. The van der Waals surface area contributed by atoms with Crippen molar-refractivity contribution >= 4 is 34.0 Å². The molecule has 0 spiro atoms. The van der Waals surface area contributed by atoms with Crippen LogP contribution in [0.2, 0.25) is 0 Å². The summed E-state index contributed by atoms with van der Waals surface area (Å²) in [6.45, 7) is 3.41. The first-order chi connectivity index (χ1) is 7.22. The molecule has 1 fully saturated rings. The van der Waals surface area contributed by atoms with E-state index in [1.165, 1.54) is 28.5 Å². The van der Waals surface area contributed by atoms with Gasteiger partial charge in [-0.05, 0) is 60.1 Å². The van der Waals surface area contributed by atoms with Gasteiger partial charge in [-0.15, -0.1) is 0 Å². The van der Waals surface area contributed by atoms with Crippen LogP contribution in [0.3, 0.4) is 0 Å². The van der Waals surface area contributed by atoms with Crippen LogP contribution in [0.15, 0.2) is 18.2 Å². The molecule has 3 heteroatoms. The third-order valence-corrected chi connectivity index (χ3v) is 3.82. The number of hydrogen-bond acceptors (Lipinski definition) is 2. The number of halogens is 1. The minimum atomic E-state index is 0.687. The van der Waals surface area contributed by atoms with Crippen LogP contribution >= 0.6 is 22.6 Å². The van der Waals surface area contributed by atoms with Crippen molar-refractivity contribution in [2.45, 2.75) is 32.2 Å². The molecule has 1 saturated heterocycles. The molecule has 0 radical (unpaired) electrons. The summed E-state index contributed by atoms with van der Waals surface area (Å²) in [5.74, 6) is 0. The summed E-state index contributed by atoms with van der Waals surface area (Å²) in [4.78, 5) is 2.46. The molecule has 82 valence electrons. The molecule has 2 rings (SSSR count). The average Bonchev–Trinajstić information content (AvgIpc) is 2.65. The number of benzene rings is 1. The fourth-order valence-corrected chi connectivity index (χ4v) is 2.88. The molecule has 15 heavy (non-hydrogen) atoms. The molecule has 0 aliphatic carbocycles. The van der Waals surface area contributed by atoms with E-state index in [4.69, 9.17) is 5.73 Å². The van der Waals surface area contributed by atoms with Crippen molar-refractivity contribution < 1.29 is 0 Å². The van der Waals surface area contributed by atoms with Crippen molar-refractivity contribution in [1.29, 1.82) is 0 Å². The van der Waals surface area contributed by atoms with Gasteiger partial charge in [0, 0.05) is 16.2 Å². The van der Waals surface area contributed by atoms with Gasteiger partial charge in [0.15, 0.2) is 0 Å². The van der Waals surface area contributed by atoms with E-state index in [9.17, 15) is 0 Å². The summed E-state index contributed by atoms with van der Waals surface area (Å²) in [6.07, 6.45) is 3.82. The normalized spacial score (nSPS) is 20.9. The van der Waals surface area contributed by atoms with E-state index in [-0.39, 0.29) is 0 Å². The Morgan fingerprint density at radius 1 is 1.53 bits per heavy atom.